The van der Waals surface area contributed by atoms with Gasteiger partial charge < -0.3 is 14.4 Å². The molecule has 3 aromatic rings. The smallest absolute Gasteiger partial charge is 0.253 e. The van der Waals surface area contributed by atoms with Crippen molar-refractivity contribution in [3.8, 4) is 22.6 Å². The standard InChI is InChI=1S/C27H27NO4/c1-31-24-14-13-21(17-25(24)32-2)26(29)23-12-7-15-28(18-23)27(30)22-11-6-10-20(16-22)19-8-4-3-5-9-19/h3-6,8-11,13-14,16-17,23H,7,12,15,18H2,1-2H3/t23-/m0/s1. The third kappa shape index (κ3) is 4.52. The molecule has 4 rings (SSSR count). The lowest BCUT2D eigenvalue weighted by Gasteiger charge is -2.32. The summed E-state index contributed by atoms with van der Waals surface area (Å²) in [4.78, 5) is 28.2. The topological polar surface area (TPSA) is 55.8 Å². The van der Waals surface area contributed by atoms with Crippen LogP contribution in [0.25, 0.3) is 11.1 Å². The zero-order chi connectivity index (χ0) is 22.5. The highest BCUT2D eigenvalue weighted by Crippen LogP contribution is 2.30. The van der Waals surface area contributed by atoms with Crippen LogP contribution in [0.5, 0.6) is 11.5 Å². The Morgan fingerprint density at radius 3 is 2.31 bits per heavy atom. The molecule has 0 N–H and O–H groups in total. The molecule has 1 heterocycles. The van der Waals surface area contributed by atoms with E-state index < -0.39 is 0 Å². The summed E-state index contributed by atoms with van der Waals surface area (Å²) in [6.07, 6.45) is 1.56. The first kappa shape index (κ1) is 21.6. The average molecular weight is 430 g/mol. The molecule has 164 valence electrons. The van der Waals surface area contributed by atoms with Crippen LogP contribution in [0.15, 0.2) is 72.8 Å². The van der Waals surface area contributed by atoms with E-state index in [0.717, 1.165) is 24.0 Å². The first-order valence-corrected chi connectivity index (χ1v) is 10.8. The van der Waals surface area contributed by atoms with Crippen molar-refractivity contribution in [1.82, 2.24) is 4.90 Å². The first-order chi connectivity index (χ1) is 15.6. The second-order valence-corrected chi connectivity index (χ2v) is 7.97. The van der Waals surface area contributed by atoms with Crippen molar-refractivity contribution in [2.24, 2.45) is 5.92 Å². The highest BCUT2D eigenvalue weighted by molar-refractivity contribution is 6.00. The summed E-state index contributed by atoms with van der Waals surface area (Å²) in [6, 6.07) is 22.9. The predicted octanol–water partition coefficient (Wildman–Crippen LogP) is 5.11. The van der Waals surface area contributed by atoms with Crippen LogP contribution in [-0.4, -0.2) is 43.9 Å². The molecule has 0 spiro atoms. The van der Waals surface area contributed by atoms with Gasteiger partial charge in [-0.05, 0) is 54.3 Å². The van der Waals surface area contributed by atoms with Crippen LogP contribution in [0.3, 0.4) is 0 Å². The molecule has 1 atom stereocenters. The number of nitrogens with zero attached hydrogens (tertiary/aromatic N) is 1. The zero-order valence-corrected chi connectivity index (χ0v) is 18.4. The molecule has 32 heavy (non-hydrogen) atoms. The summed E-state index contributed by atoms with van der Waals surface area (Å²) in [7, 11) is 3.12. The maximum atomic E-state index is 13.2. The van der Waals surface area contributed by atoms with Gasteiger partial charge >= 0.3 is 0 Å². The Morgan fingerprint density at radius 1 is 0.812 bits per heavy atom. The minimum Gasteiger partial charge on any atom is -0.493 e. The molecule has 0 aromatic heterocycles. The Labute approximate surface area is 188 Å². The minimum atomic E-state index is -0.233. The van der Waals surface area contributed by atoms with Crippen molar-refractivity contribution >= 4 is 11.7 Å². The highest BCUT2D eigenvalue weighted by atomic mass is 16.5. The zero-order valence-electron chi connectivity index (χ0n) is 18.4. The molecular formula is C27H27NO4. The number of carbonyl (C=O) groups excluding carboxylic acids is 2. The van der Waals surface area contributed by atoms with E-state index in [9.17, 15) is 9.59 Å². The van der Waals surface area contributed by atoms with E-state index in [2.05, 4.69) is 0 Å². The van der Waals surface area contributed by atoms with Crippen LogP contribution in [0.4, 0.5) is 0 Å². The molecule has 0 bridgehead atoms. The second kappa shape index (κ2) is 9.69. The van der Waals surface area contributed by atoms with Crippen molar-refractivity contribution in [2.45, 2.75) is 12.8 Å². The van der Waals surface area contributed by atoms with Crippen LogP contribution >= 0.6 is 0 Å². The third-order valence-electron chi connectivity index (χ3n) is 5.96. The SMILES string of the molecule is COc1ccc(C(=O)[C@H]2CCCN(C(=O)c3cccc(-c4ccccc4)c3)C2)cc1OC. The summed E-state index contributed by atoms with van der Waals surface area (Å²) < 4.78 is 10.6. The molecule has 0 unspecified atom stereocenters. The predicted molar refractivity (Wildman–Crippen MR) is 124 cm³/mol. The van der Waals surface area contributed by atoms with Crippen LogP contribution in [0.1, 0.15) is 33.6 Å². The molecule has 1 amide bonds. The van der Waals surface area contributed by atoms with E-state index in [1.165, 1.54) is 0 Å². The van der Waals surface area contributed by atoms with Gasteiger partial charge in [-0.2, -0.15) is 0 Å². The van der Waals surface area contributed by atoms with Crippen molar-refractivity contribution in [1.29, 1.82) is 0 Å². The number of ketones is 1. The molecule has 0 saturated carbocycles. The van der Waals surface area contributed by atoms with Crippen molar-refractivity contribution in [3.05, 3.63) is 83.9 Å². The molecule has 1 fully saturated rings. The molecule has 1 aliphatic heterocycles. The molecule has 0 aliphatic carbocycles. The van der Waals surface area contributed by atoms with Crippen molar-refractivity contribution < 1.29 is 19.1 Å². The Bertz CT molecular complexity index is 1110. The summed E-state index contributed by atoms with van der Waals surface area (Å²) in [5.74, 6) is 0.875. The van der Waals surface area contributed by atoms with E-state index in [-0.39, 0.29) is 17.6 Å². The maximum Gasteiger partial charge on any atom is 0.253 e. The number of ether oxygens (including phenoxy) is 2. The van der Waals surface area contributed by atoms with Crippen LogP contribution in [-0.2, 0) is 0 Å². The van der Waals surface area contributed by atoms with E-state index in [4.69, 9.17) is 9.47 Å². The minimum absolute atomic E-state index is 0.0292. The number of Topliss-reactive ketones (excluding diaryl/α,β-unsaturated/α-hetero) is 1. The van der Waals surface area contributed by atoms with Crippen LogP contribution in [0, 0.1) is 5.92 Å². The van der Waals surface area contributed by atoms with Gasteiger partial charge in [0.05, 0.1) is 14.2 Å². The summed E-state index contributed by atoms with van der Waals surface area (Å²) in [6.45, 7) is 1.08. The fraction of sp³-hybridized carbons (Fsp3) is 0.259. The summed E-state index contributed by atoms with van der Waals surface area (Å²) >= 11 is 0. The van der Waals surface area contributed by atoms with Gasteiger partial charge in [0, 0.05) is 30.1 Å². The molecule has 1 saturated heterocycles. The quantitative estimate of drug-likeness (QED) is 0.511. The molecule has 3 aromatic carbocycles. The van der Waals surface area contributed by atoms with Crippen LogP contribution < -0.4 is 9.47 Å². The Hall–Kier alpha value is -3.60. The number of amides is 1. The van der Waals surface area contributed by atoms with E-state index in [1.807, 2.05) is 54.6 Å². The van der Waals surface area contributed by atoms with E-state index in [1.54, 1.807) is 37.3 Å². The second-order valence-electron chi connectivity index (χ2n) is 7.97. The summed E-state index contributed by atoms with van der Waals surface area (Å²) in [5, 5.41) is 0. The van der Waals surface area contributed by atoms with Gasteiger partial charge in [-0.25, -0.2) is 0 Å². The number of hydrogen-bond acceptors (Lipinski definition) is 4. The lowest BCUT2D eigenvalue weighted by atomic mass is 9.89. The Morgan fingerprint density at radius 2 is 1.56 bits per heavy atom. The van der Waals surface area contributed by atoms with Gasteiger partial charge in [0.15, 0.2) is 17.3 Å². The van der Waals surface area contributed by atoms with Gasteiger partial charge in [-0.1, -0.05) is 42.5 Å². The fourth-order valence-corrected chi connectivity index (χ4v) is 4.25. The van der Waals surface area contributed by atoms with Crippen molar-refractivity contribution in [3.63, 3.8) is 0 Å². The molecule has 1 aliphatic rings. The monoisotopic (exact) mass is 429 g/mol. The normalized spacial score (nSPS) is 15.8. The highest BCUT2D eigenvalue weighted by Gasteiger charge is 2.30. The number of piperidine rings is 1. The lowest BCUT2D eigenvalue weighted by Crippen LogP contribution is -2.42. The molecular weight excluding hydrogens is 402 g/mol. The fourth-order valence-electron chi connectivity index (χ4n) is 4.25. The average Bonchev–Trinajstić information content (AvgIpc) is 2.88. The van der Waals surface area contributed by atoms with E-state index in [0.29, 0.717) is 35.7 Å². The summed E-state index contributed by atoms with van der Waals surface area (Å²) in [5.41, 5.74) is 3.30. The van der Waals surface area contributed by atoms with Gasteiger partial charge in [-0.3, -0.25) is 9.59 Å². The van der Waals surface area contributed by atoms with Gasteiger partial charge in [0.25, 0.3) is 5.91 Å². The molecule has 0 radical (unpaired) electrons. The van der Waals surface area contributed by atoms with Crippen LogP contribution in [0.2, 0.25) is 0 Å². The van der Waals surface area contributed by atoms with Gasteiger partial charge in [0.1, 0.15) is 0 Å². The number of likely N-dealkylation sites (tertiary alicyclic amines) is 1. The maximum absolute atomic E-state index is 13.2. The lowest BCUT2D eigenvalue weighted by molar-refractivity contribution is 0.0637. The van der Waals surface area contributed by atoms with Gasteiger partial charge in [0.2, 0.25) is 0 Å². The van der Waals surface area contributed by atoms with Crippen molar-refractivity contribution in [2.75, 3.05) is 27.3 Å². The van der Waals surface area contributed by atoms with Gasteiger partial charge in [-0.15, -0.1) is 0 Å². The van der Waals surface area contributed by atoms with E-state index >= 15 is 0 Å². The number of benzene rings is 3. The number of carbonyl (C=O) groups is 2. The third-order valence-corrected chi connectivity index (χ3v) is 5.96. The number of methoxy groups -OCH3 is 2. The number of rotatable bonds is 6. The Kier molecular flexibility index (Phi) is 6.55. The first-order valence-electron chi connectivity index (χ1n) is 10.8. The molecule has 5 heteroatoms. The number of hydrogen-bond donors (Lipinski definition) is 0. The molecule has 5 nitrogen and oxygen atoms in total. The Balaban J connectivity index is 1.51. The largest absolute Gasteiger partial charge is 0.493 e.